The van der Waals surface area contributed by atoms with Gasteiger partial charge in [0.2, 0.25) is 0 Å². The molecule has 2 aliphatic rings. The number of fused-ring (bicyclic) bond motifs is 1. The third kappa shape index (κ3) is 3.06. The second-order valence-corrected chi connectivity index (χ2v) is 7.47. The van der Waals surface area contributed by atoms with E-state index >= 15 is 0 Å². The topological polar surface area (TPSA) is 43.4 Å². The highest BCUT2D eigenvalue weighted by molar-refractivity contribution is 5.89. The quantitative estimate of drug-likeness (QED) is 0.780. The molecule has 23 heavy (non-hydrogen) atoms. The summed E-state index contributed by atoms with van der Waals surface area (Å²) in [5.41, 5.74) is 0.715. The number of hydrogen-bond acceptors (Lipinski definition) is 3. The van der Waals surface area contributed by atoms with E-state index in [1.807, 2.05) is 18.2 Å². The minimum Gasteiger partial charge on any atom is -0.462 e. The predicted octanol–water partition coefficient (Wildman–Crippen LogP) is 4.27. The van der Waals surface area contributed by atoms with Crippen LogP contribution in [0.3, 0.4) is 0 Å². The number of ketones is 1. The first-order chi connectivity index (χ1) is 11.0. The van der Waals surface area contributed by atoms with Crippen LogP contribution in [-0.4, -0.2) is 18.4 Å². The van der Waals surface area contributed by atoms with Crippen LogP contribution in [0.25, 0.3) is 0 Å². The summed E-state index contributed by atoms with van der Waals surface area (Å²) in [6.07, 6.45) is 5.45. The first kappa shape index (κ1) is 16.2. The van der Waals surface area contributed by atoms with Crippen molar-refractivity contribution in [3.05, 3.63) is 35.9 Å². The van der Waals surface area contributed by atoms with E-state index in [1.54, 1.807) is 19.1 Å². The minimum atomic E-state index is -0.237. The highest BCUT2D eigenvalue weighted by atomic mass is 16.5. The maximum atomic E-state index is 12.2. The zero-order valence-electron chi connectivity index (χ0n) is 14.1. The Labute approximate surface area is 138 Å². The molecule has 0 aromatic heterocycles. The smallest absolute Gasteiger partial charge is 0.338 e. The van der Waals surface area contributed by atoms with Gasteiger partial charge in [0.05, 0.1) is 12.2 Å². The molecule has 3 heteroatoms. The largest absolute Gasteiger partial charge is 0.462 e. The predicted molar refractivity (Wildman–Crippen MR) is 89.1 cm³/mol. The molecular formula is C20H26O3. The van der Waals surface area contributed by atoms with Crippen LogP contribution >= 0.6 is 0 Å². The Balaban J connectivity index is 1.65. The minimum absolute atomic E-state index is 0.105. The van der Waals surface area contributed by atoms with Gasteiger partial charge in [0.1, 0.15) is 5.78 Å². The summed E-state index contributed by atoms with van der Waals surface area (Å²) in [7, 11) is 0. The lowest BCUT2D eigenvalue weighted by atomic mass is 9.61. The van der Waals surface area contributed by atoms with Crippen molar-refractivity contribution in [1.29, 1.82) is 0 Å². The fourth-order valence-corrected chi connectivity index (χ4v) is 5.05. The zero-order chi connectivity index (χ0) is 16.4. The Hall–Kier alpha value is -1.64. The summed E-state index contributed by atoms with van der Waals surface area (Å²) in [4.78, 5) is 24.1. The summed E-state index contributed by atoms with van der Waals surface area (Å²) in [6.45, 7) is 4.50. The molecule has 0 saturated heterocycles. The van der Waals surface area contributed by atoms with Crippen molar-refractivity contribution in [2.75, 3.05) is 6.61 Å². The maximum Gasteiger partial charge on any atom is 0.338 e. The standard InChI is InChI=1S/C20H26O3/c1-14(21)17-10-11-18-16(9-6-12-20(17,18)2)13-23-19(22)15-7-4-3-5-8-15/h3-5,7-8,16-18H,6,9-13H2,1-2H3/t16-,17+,18-,20+/m0/s1. The van der Waals surface area contributed by atoms with E-state index in [0.29, 0.717) is 29.8 Å². The van der Waals surface area contributed by atoms with Crippen LogP contribution in [0, 0.1) is 23.2 Å². The van der Waals surface area contributed by atoms with Gasteiger partial charge >= 0.3 is 5.97 Å². The van der Waals surface area contributed by atoms with Crippen molar-refractivity contribution >= 4 is 11.8 Å². The molecule has 0 spiro atoms. The molecule has 1 aromatic rings. The molecule has 124 valence electrons. The Bertz CT molecular complexity index is 580. The van der Waals surface area contributed by atoms with Gasteiger partial charge in [-0.05, 0) is 62.0 Å². The Morgan fingerprint density at radius 3 is 2.61 bits per heavy atom. The molecule has 4 atom stereocenters. The number of hydrogen-bond donors (Lipinski definition) is 0. The number of carbonyl (C=O) groups excluding carboxylic acids is 2. The van der Waals surface area contributed by atoms with E-state index in [9.17, 15) is 9.59 Å². The molecule has 0 aliphatic heterocycles. The van der Waals surface area contributed by atoms with Gasteiger partial charge < -0.3 is 4.74 Å². The summed E-state index contributed by atoms with van der Waals surface area (Å²) >= 11 is 0. The van der Waals surface area contributed by atoms with Crippen LogP contribution in [-0.2, 0) is 9.53 Å². The van der Waals surface area contributed by atoms with E-state index in [0.717, 1.165) is 32.1 Å². The Morgan fingerprint density at radius 1 is 1.17 bits per heavy atom. The van der Waals surface area contributed by atoms with Gasteiger partial charge in [-0.3, -0.25) is 4.79 Å². The first-order valence-electron chi connectivity index (χ1n) is 8.75. The maximum absolute atomic E-state index is 12.2. The lowest BCUT2D eigenvalue weighted by Gasteiger charge is -2.44. The van der Waals surface area contributed by atoms with Crippen LogP contribution in [0.4, 0.5) is 0 Å². The van der Waals surface area contributed by atoms with E-state index in [1.165, 1.54) is 0 Å². The van der Waals surface area contributed by atoms with Gasteiger partial charge in [-0.2, -0.15) is 0 Å². The average Bonchev–Trinajstić information content (AvgIpc) is 2.91. The fraction of sp³-hybridized carbons (Fsp3) is 0.600. The van der Waals surface area contributed by atoms with E-state index in [4.69, 9.17) is 4.74 Å². The molecule has 0 unspecified atom stereocenters. The van der Waals surface area contributed by atoms with Crippen molar-refractivity contribution in [1.82, 2.24) is 0 Å². The third-order valence-corrected chi connectivity index (χ3v) is 6.20. The first-order valence-corrected chi connectivity index (χ1v) is 8.75. The van der Waals surface area contributed by atoms with E-state index < -0.39 is 0 Å². The SMILES string of the molecule is CC(=O)[C@H]1CC[C@H]2[C@H](COC(=O)c3ccccc3)CCC[C@]12C. The Kier molecular flexibility index (Phi) is 4.56. The monoisotopic (exact) mass is 314 g/mol. The van der Waals surface area contributed by atoms with Crippen molar-refractivity contribution in [2.45, 2.75) is 46.0 Å². The van der Waals surface area contributed by atoms with Crippen LogP contribution in [0.5, 0.6) is 0 Å². The Morgan fingerprint density at radius 2 is 1.91 bits per heavy atom. The second kappa shape index (κ2) is 6.46. The second-order valence-electron chi connectivity index (χ2n) is 7.47. The molecule has 1 aromatic carbocycles. The summed E-state index contributed by atoms with van der Waals surface area (Å²) in [6, 6.07) is 9.17. The molecular weight excluding hydrogens is 288 g/mol. The number of rotatable bonds is 4. The van der Waals surface area contributed by atoms with E-state index in [-0.39, 0.29) is 17.3 Å². The van der Waals surface area contributed by atoms with Crippen molar-refractivity contribution in [3.63, 3.8) is 0 Å². The van der Waals surface area contributed by atoms with Gasteiger partial charge in [0.15, 0.2) is 0 Å². The summed E-state index contributed by atoms with van der Waals surface area (Å²) in [5.74, 6) is 1.19. The van der Waals surface area contributed by atoms with Gasteiger partial charge in [0.25, 0.3) is 0 Å². The lowest BCUT2D eigenvalue weighted by Crippen LogP contribution is -2.40. The molecule has 0 radical (unpaired) electrons. The molecule has 2 saturated carbocycles. The fourth-order valence-electron chi connectivity index (χ4n) is 5.05. The van der Waals surface area contributed by atoms with Gasteiger partial charge in [-0.1, -0.05) is 31.5 Å². The van der Waals surface area contributed by atoms with Crippen LogP contribution in [0.15, 0.2) is 30.3 Å². The molecule has 0 amide bonds. The van der Waals surface area contributed by atoms with Gasteiger partial charge in [-0.15, -0.1) is 0 Å². The number of ether oxygens (including phenoxy) is 1. The van der Waals surface area contributed by atoms with Gasteiger partial charge in [0, 0.05) is 5.92 Å². The summed E-state index contributed by atoms with van der Waals surface area (Å²) < 4.78 is 5.59. The van der Waals surface area contributed by atoms with Crippen molar-refractivity contribution in [2.24, 2.45) is 23.2 Å². The molecule has 3 rings (SSSR count). The number of carbonyl (C=O) groups is 2. The van der Waals surface area contributed by atoms with Crippen LogP contribution < -0.4 is 0 Å². The zero-order valence-corrected chi connectivity index (χ0v) is 14.1. The molecule has 2 aliphatic carbocycles. The highest BCUT2D eigenvalue weighted by Crippen LogP contribution is 2.57. The third-order valence-electron chi connectivity index (χ3n) is 6.20. The molecule has 2 fully saturated rings. The molecule has 3 nitrogen and oxygen atoms in total. The van der Waals surface area contributed by atoms with Crippen molar-refractivity contribution < 1.29 is 14.3 Å². The molecule has 0 N–H and O–H groups in total. The average molecular weight is 314 g/mol. The van der Waals surface area contributed by atoms with Crippen LogP contribution in [0.1, 0.15) is 56.3 Å². The van der Waals surface area contributed by atoms with Crippen LogP contribution in [0.2, 0.25) is 0 Å². The molecule has 0 heterocycles. The lowest BCUT2D eigenvalue weighted by molar-refractivity contribution is -0.125. The van der Waals surface area contributed by atoms with Crippen molar-refractivity contribution in [3.8, 4) is 0 Å². The van der Waals surface area contributed by atoms with E-state index in [2.05, 4.69) is 6.92 Å². The van der Waals surface area contributed by atoms with Gasteiger partial charge in [-0.25, -0.2) is 4.79 Å². The number of Topliss-reactive ketones (excluding diaryl/α,β-unsaturated/α-hetero) is 1. The summed E-state index contributed by atoms with van der Waals surface area (Å²) in [5, 5.41) is 0. The number of benzene rings is 1. The normalized spacial score (nSPS) is 33.0. The highest BCUT2D eigenvalue weighted by Gasteiger charge is 2.52. The number of esters is 1. The molecule has 0 bridgehead atoms.